The summed E-state index contributed by atoms with van der Waals surface area (Å²) in [4.78, 5) is 49.5. The number of ether oxygens (including phenoxy) is 1. The summed E-state index contributed by atoms with van der Waals surface area (Å²) in [6, 6.07) is 6.87. The Balaban J connectivity index is 1.73. The molecule has 0 spiro atoms. The molecule has 9 heteroatoms. The molecule has 0 unspecified atom stereocenters. The molecule has 1 aromatic rings. The zero-order valence-corrected chi connectivity index (χ0v) is 16.0. The van der Waals surface area contributed by atoms with Crippen LogP contribution in [-0.2, 0) is 19.1 Å². The lowest BCUT2D eigenvalue weighted by atomic mass is 10.2. The van der Waals surface area contributed by atoms with Crippen LogP contribution in [0, 0.1) is 0 Å². The Bertz CT molecular complexity index is 710. The van der Waals surface area contributed by atoms with Gasteiger partial charge < -0.3 is 15.0 Å². The third-order valence-corrected chi connectivity index (χ3v) is 4.83. The summed E-state index contributed by atoms with van der Waals surface area (Å²) in [5.74, 6) is -1.07. The van der Waals surface area contributed by atoms with Crippen LogP contribution in [0.25, 0.3) is 0 Å². The summed E-state index contributed by atoms with van der Waals surface area (Å²) in [7, 11) is 0. The number of benzene rings is 1. The molecule has 0 saturated carbocycles. The number of hydrogen-bond donors (Lipinski definition) is 2. The highest BCUT2D eigenvalue weighted by molar-refractivity contribution is 8.00. The second-order valence-corrected chi connectivity index (χ2v) is 6.89. The van der Waals surface area contributed by atoms with Crippen molar-refractivity contribution < 1.29 is 23.9 Å². The van der Waals surface area contributed by atoms with Crippen molar-refractivity contribution in [3.05, 3.63) is 24.3 Å². The summed E-state index contributed by atoms with van der Waals surface area (Å²) < 4.78 is 4.87. The van der Waals surface area contributed by atoms with E-state index in [9.17, 15) is 19.2 Å². The van der Waals surface area contributed by atoms with Crippen molar-refractivity contribution in [2.75, 3.05) is 30.3 Å². The first-order valence-corrected chi connectivity index (χ1v) is 9.75. The molecule has 8 nitrogen and oxygen atoms in total. The summed E-state index contributed by atoms with van der Waals surface area (Å²) in [6.07, 6.45) is 1.70. The van der Waals surface area contributed by atoms with E-state index in [0.29, 0.717) is 12.3 Å². The van der Waals surface area contributed by atoms with Gasteiger partial charge in [-0.2, -0.15) is 0 Å². The number of hydrogen-bond acceptors (Lipinski definition) is 6. The van der Waals surface area contributed by atoms with Crippen LogP contribution in [0.4, 0.5) is 10.5 Å². The van der Waals surface area contributed by atoms with Crippen LogP contribution in [-0.4, -0.2) is 49.3 Å². The Morgan fingerprint density at radius 2 is 2.04 bits per heavy atom. The number of nitrogens with one attached hydrogen (secondary N) is 2. The Kier molecular flexibility index (Phi) is 8.12. The van der Waals surface area contributed by atoms with Crippen molar-refractivity contribution in [3.8, 4) is 0 Å². The molecule has 0 aliphatic carbocycles. The minimum atomic E-state index is -0.701. The molecule has 27 heavy (non-hydrogen) atoms. The van der Waals surface area contributed by atoms with Crippen LogP contribution in [0.3, 0.4) is 0 Å². The van der Waals surface area contributed by atoms with Gasteiger partial charge in [0.15, 0.2) is 6.61 Å². The minimum Gasteiger partial charge on any atom is -0.456 e. The van der Waals surface area contributed by atoms with Crippen LogP contribution in [0.1, 0.15) is 26.2 Å². The van der Waals surface area contributed by atoms with Gasteiger partial charge in [-0.05, 0) is 18.6 Å². The van der Waals surface area contributed by atoms with Gasteiger partial charge in [0.25, 0.3) is 5.91 Å². The average Bonchev–Trinajstić information content (AvgIpc) is 2.65. The SMILES string of the molecule is CCCCNC(=O)NC(=O)COC(=O)CCN1C(=O)CSc2ccccc21. The van der Waals surface area contributed by atoms with Gasteiger partial charge in [-0.1, -0.05) is 25.5 Å². The van der Waals surface area contributed by atoms with E-state index in [1.807, 2.05) is 31.2 Å². The monoisotopic (exact) mass is 393 g/mol. The van der Waals surface area contributed by atoms with E-state index in [0.717, 1.165) is 23.4 Å². The van der Waals surface area contributed by atoms with Gasteiger partial charge in [-0.15, -0.1) is 11.8 Å². The van der Waals surface area contributed by atoms with Crippen LogP contribution < -0.4 is 15.5 Å². The smallest absolute Gasteiger partial charge is 0.321 e. The lowest BCUT2D eigenvalue weighted by Crippen LogP contribution is -2.42. The van der Waals surface area contributed by atoms with Gasteiger partial charge in [0.05, 0.1) is 17.9 Å². The summed E-state index contributed by atoms with van der Waals surface area (Å²) in [5, 5.41) is 4.61. The number of amides is 4. The Morgan fingerprint density at radius 3 is 2.81 bits per heavy atom. The standard InChI is InChI=1S/C18H23N3O5S/c1-2-3-9-19-18(25)20-15(22)11-26-17(24)8-10-21-13-6-4-5-7-14(13)27-12-16(21)23/h4-7H,2-3,8-12H2,1H3,(H2,19,20,22,25). The highest BCUT2D eigenvalue weighted by Gasteiger charge is 2.25. The molecule has 4 amide bonds. The zero-order chi connectivity index (χ0) is 19.6. The van der Waals surface area contributed by atoms with Crippen molar-refractivity contribution in [3.63, 3.8) is 0 Å². The lowest BCUT2D eigenvalue weighted by molar-refractivity contribution is -0.148. The molecular formula is C18H23N3O5S. The highest BCUT2D eigenvalue weighted by atomic mass is 32.2. The van der Waals surface area contributed by atoms with E-state index in [4.69, 9.17) is 4.74 Å². The number of carbonyl (C=O) groups excluding carboxylic acids is 4. The van der Waals surface area contributed by atoms with Gasteiger partial charge in [0.2, 0.25) is 5.91 Å². The second-order valence-electron chi connectivity index (χ2n) is 5.87. The fourth-order valence-corrected chi connectivity index (χ4v) is 3.34. The van der Waals surface area contributed by atoms with E-state index >= 15 is 0 Å². The molecule has 146 valence electrons. The Labute approximate surface area is 162 Å². The fourth-order valence-electron chi connectivity index (χ4n) is 2.41. The number of para-hydroxylation sites is 1. The van der Waals surface area contributed by atoms with E-state index < -0.39 is 24.5 Å². The third kappa shape index (κ3) is 6.59. The number of urea groups is 1. The number of imide groups is 1. The first-order valence-electron chi connectivity index (χ1n) is 8.76. The number of carbonyl (C=O) groups is 4. The topological polar surface area (TPSA) is 105 Å². The van der Waals surface area contributed by atoms with Crippen LogP contribution in [0.15, 0.2) is 29.2 Å². The van der Waals surface area contributed by atoms with E-state index in [2.05, 4.69) is 10.6 Å². The predicted molar refractivity (Wildman–Crippen MR) is 102 cm³/mol. The van der Waals surface area contributed by atoms with Crippen molar-refractivity contribution >= 4 is 41.3 Å². The number of anilines is 1. The molecular weight excluding hydrogens is 370 g/mol. The lowest BCUT2D eigenvalue weighted by Gasteiger charge is -2.28. The molecule has 1 aliphatic heterocycles. The van der Waals surface area contributed by atoms with Crippen molar-refractivity contribution in [1.82, 2.24) is 10.6 Å². The predicted octanol–water partition coefficient (Wildman–Crippen LogP) is 1.68. The number of thioether (sulfide) groups is 1. The van der Waals surface area contributed by atoms with Crippen LogP contribution in [0.2, 0.25) is 0 Å². The maximum atomic E-state index is 12.1. The molecule has 0 bridgehead atoms. The maximum Gasteiger partial charge on any atom is 0.321 e. The normalized spacial score (nSPS) is 12.9. The van der Waals surface area contributed by atoms with Crippen molar-refractivity contribution in [2.24, 2.45) is 0 Å². The molecule has 0 aromatic heterocycles. The largest absolute Gasteiger partial charge is 0.456 e. The van der Waals surface area contributed by atoms with Gasteiger partial charge in [-0.25, -0.2) is 4.79 Å². The van der Waals surface area contributed by atoms with E-state index in [-0.39, 0.29) is 18.9 Å². The Morgan fingerprint density at radius 1 is 1.26 bits per heavy atom. The van der Waals surface area contributed by atoms with Crippen molar-refractivity contribution in [1.29, 1.82) is 0 Å². The molecule has 2 N–H and O–H groups in total. The van der Waals surface area contributed by atoms with Gasteiger partial charge in [0, 0.05) is 18.0 Å². The van der Waals surface area contributed by atoms with Gasteiger partial charge in [-0.3, -0.25) is 19.7 Å². The number of rotatable bonds is 8. The molecule has 1 heterocycles. The first-order chi connectivity index (χ1) is 13.0. The average molecular weight is 393 g/mol. The molecule has 0 fully saturated rings. The van der Waals surface area contributed by atoms with Gasteiger partial charge >= 0.3 is 12.0 Å². The van der Waals surface area contributed by atoms with Crippen molar-refractivity contribution in [2.45, 2.75) is 31.1 Å². The Hall–Kier alpha value is -2.55. The maximum absolute atomic E-state index is 12.1. The third-order valence-electron chi connectivity index (χ3n) is 3.78. The zero-order valence-electron chi connectivity index (χ0n) is 15.2. The van der Waals surface area contributed by atoms with Crippen LogP contribution in [0.5, 0.6) is 0 Å². The van der Waals surface area contributed by atoms with Gasteiger partial charge in [0.1, 0.15) is 0 Å². The molecule has 0 saturated heterocycles. The molecule has 0 radical (unpaired) electrons. The van der Waals surface area contributed by atoms with E-state index in [1.165, 1.54) is 11.8 Å². The summed E-state index contributed by atoms with van der Waals surface area (Å²) >= 11 is 1.46. The molecule has 2 rings (SSSR count). The fraction of sp³-hybridized carbons (Fsp3) is 0.444. The number of nitrogens with zero attached hydrogens (tertiary/aromatic N) is 1. The number of fused-ring (bicyclic) bond motifs is 1. The first kappa shape index (κ1) is 20.8. The molecule has 1 aromatic carbocycles. The summed E-state index contributed by atoms with van der Waals surface area (Å²) in [5.41, 5.74) is 0.771. The highest BCUT2D eigenvalue weighted by Crippen LogP contribution is 2.34. The van der Waals surface area contributed by atoms with Crippen LogP contribution >= 0.6 is 11.8 Å². The molecule has 0 atom stereocenters. The number of esters is 1. The summed E-state index contributed by atoms with van der Waals surface area (Å²) in [6.45, 7) is 2.09. The minimum absolute atomic E-state index is 0.0410. The quantitative estimate of drug-likeness (QED) is 0.514. The molecule has 1 aliphatic rings. The number of unbranched alkanes of at least 4 members (excludes halogenated alkanes) is 1. The second kappa shape index (κ2) is 10.6. The van der Waals surface area contributed by atoms with E-state index in [1.54, 1.807) is 4.90 Å².